The van der Waals surface area contributed by atoms with Crippen molar-refractivity contribution in [1.29, 1.82) is 0 Å². The van der Waals surface area contributed by atoms with E-state index >= 15 is 0 Å². The van der Waals surface area contributed by atoms with Gasteiger partial charge in [-0.1, -0.05) is 6.92 Å². The van der Waals surface area contributed by atoms with Gasteiger partial charge in [0.2, 0.25) is 0 Å². The first kappa shape index (κ1) is 11.7. The lowest BCUT2D eigenvalue weighted by molar-refractivity contribution is 0.232. The van der Waals surface area contributed by atoms with Gasteiger partial charge in [0.15, 0.2) is 0 Å². The van der Waals surface area contributed by atoms with Gasteiger partial charge < -0.3 is 5.73 Å². The van der Waals surface area contributed by atoms with Crippen LogP contribution in [0.3, 0.4) is 0 Å². The molecule has 1 atom stereocenters. The zero-order valence-corrected chi connectivity index (χ0v) is 7.44. The second-order valence-electron chi connectivity index (χ2n) is 2.32. The Bertz CT molecular complexity index is 217. The summed E-state index contributed by atoms with van der Waals surface area (Å²) in [6, 6.07) is -0.418. The van der Waals surface area contributed by atoms with E-state index in [1.807, 2.05) is 0 Å². The third kappa shape index (κ3) is 3.93. The molecule has 0 saturated carbocycles. The minimum Gasteiger partial charge on any atom is -0.327 e. The molecular formula is C5H12F2N2O2S. The van der Waals surface area contributed by atoms with Crippen LogP contribution in [-0.4, -0.2) is 26.8 Å². The van der Waals surface area contributed by atoms with Gasteiger partial charge in [-0.2, -0.15) is 8.78 Å². The molecule has 74 valence electrons. The van der Waals surface area contributed by atoms with E-state index in [0.717, 1.165) is 0 Å². The van der Waals surface area contributed by atoms with Crippen LogP contribution in [0.2, 0.25) is 0 Å². The van der Waals surface area contributed by atoms with E-state index in [1.165, 1.54) is 0 Å². The molecule has 0 aromatic heterocycles. The molecule has 4 nitrogen and oxygen atoms in total. The Morgan fingerprint density at radius 1 is 1.50 bits per heavy atom. The number of hydrogen-bond donors (Lipinski definition) is 2. The smallest absolute Gasteiger partial charge is 0.327 e. The maximum atomic E-state index is 11.7. The minimum absolute atomic E-state index is 0.150. The highest BCUT2D eigenvalue weighted by Gasteiger charge is 2.23. The Morgan fingerprint density at radius 2 is 2.00 bits per heavy atom. The Kier molecular flexibility index (Phi) is 4.58. The topological polar surface area (TPSA) is 72.2 Å². The van der Waals surface area contributed by atoms with Crippen molar-refractivity contribution in [3.8, 4) is 0 Å². The lowest BCUT2D eigenvalue weighted by atomic mass is 10.2. The van der Waals surface area contributed by atoms with Gasteiger partial charge in [-0.3, -0.25) is 0 Å². The third-order valence-electron chi connectivity index (χ3n) is 1.31. The fourth-order valence-corrected chi connectivity index (χ4v) is 1.00. The highest BCUT2D eigenvalue weighted by atomic mass is 32.2. The van der Waals surface area contributed by atoms with Gasteiger partial charge in [-0.05, 0) is 6.42 Å². The molecule has 12 heavy (non-hydrogen) atoms. The number of rotatable bonds is 5. The van der Waals surface area contributed by atoms with Crippen LogP contribution in [0.4, 0.5) is 8.78 Å². The summed E-state index contributed by atoms with van der Waals surface area (Å²) in [5.41, 5.74) is 5.31. The van der Waals surface area contributed by atoms with E-state index in [1.54, 1.807) is 11.6 Å². The highest BCUT2D eigenvalue weighted by Crippen LogP contribution is 2.01. The standard InChI is InChI=1S/C5H12F2N2O2S/c1-2-4(8)3-9-12(10,11)5(6)7/h4-5,9H,2-3,8H2,1H3. The first-order valence-corrected chi connectivity index (χ1v) is 4.97. The number of nitrogens with two attached hydrogens (primary N) is 1. The predicted molar refractivity (Wildman–Crippen MR) is 41.2 cm³/mol. The van der Waals surface area contributed by atoms with Crippen LogP contribution in [0.25, 0.3) is 0 Å². The van der Waals surface area contributed by atoms with E-state index in [-0.39, 0.29) is 6.54 Å². The van der Waals surface area contributed by atoms with Gasteiger partial charge >= 0.3 is 5.76 Å². The SMILES string of the molecule is CCC(N)CNS(=O)(=O)C(F)F. The molecule has 0 radical (unpaired) electrons. The summed E-state index contributed by atoms with van der Waals surface area (Å²) in [4.78, 5) is 0. The molecule has 0 saturated heterocycles. The molecule has 0 bridgehead atoms. The van der Waals surface area contributed by atoms with Gasteiger partial charge in [0.1, 0.15) is 0 Å². The van der Waals surface area contributed by atoms with Crippen molar-refractivity contribution in [3.05, 3.63) is 0 Å². The lowest BCUT2D eigenvalue weighted by Gasteiger charge is -2.09. The normalized spacial score (nSPS) is 15.1. The van der Waals surface area contributed by atoms with Gasteiger partial charge in [-0.15, -0.1) is 0 Å². The number of halogens is 2. The Hall–Kier alpha value is -0.270. The Balaban J connectivity index is 3.94. The number of hydrogen-bond acceptors (Lipinski definition) is 3. The van der Waals surface area contributed by atoms with Gasteiger partial charge in [-0.25, -0.2) is 13.1 Å². The van der Waals surface area contributed by atoms with Crippen molar-refractivity contribution < 1.29 is 17.2 Å². The summed E-state index contributed by atoms with van der Waals surface area (Å²) >= 11 is 0. The molecule has 0 amide bonds. The van der Waals surface area contributed by atoms with Crippen molar-refractivity contribution in [2.75, 3.05) is 6.54 Å². The van der Waals surface area contributed by atoms with E-state index in [4.69, 9.17) is 5.73 Å². The largest absolute Gasteiger partial charge is 0.350 e. The van der Waals surface area contributed by atoms with Gasteiger partial charge in [0.25, 0.3) is 10.0 Å². The van der Waals surface area contributed by atoms with Crippen LogP contribution >= 0.6 is 0 Å². The molecule has 0 rings (SSSR count). The zero-order chi connectivity index (χ0) is 9.78. The van der Waals surface area contributed by atoms with Gasteiger partial charge in [0, 0.05) is 12.6 Å². The number of nitrogens with one attached hydrogen (secondary N) is 1. The molecule has 3 N–H and O–H groups in total. The van der Waals surface area contributed by atoms with E-state index in [2.05, 4.69) is 0 Å². The lowest BCUT2D eigenvalue weighted by Crippen LogP contribution is -2.39. The van der Waals surface area contributed by atoms with Crippen molar-refractivity contribution in [3.63, 3.8) is 0 Å². The van der Waals surface area contributed by atoms with Crippen molar-refractivity contribution >= 4 is 10.0 Å². The third-order valence-corrected chi connectivity index (χ3v) is 2.34. The molecule has 0 heterocycles. The monoisotopic (exact) mass is 202 g/mol. The molecule has 0 fully saturated rings. The fourth-order valence-electron chi connectivity index (χ4n) is 0.431. The van der Waals surface area contributed by atoms with Crippen LogP contribution in [0.1, 0.15) is 13.3 Å². The summed E-state index contributed by atoms with van der Waals surface area (Å²) in [5.74, 6) is -3.39. The minimum atomic E-state index is -4.47. The quantitative estimate of drug-likeness (QED) is 0.652. The molecule has 0 aliphatic heterocycles. The Labute approximate surface area is 70.2 Å². The first-order chi connectivity index (χ1) is 5.40. The van der Waals surface area contributed by atoms with Gasteiger partial charge in [0.05, 0.1) is 0 Å². The summed E-state index contributed by atoms with van der Waals surface area (Å²) in [5, 5.41) is 0. The maximum absolute atomic E-state index is 11.7. The van der Waals surface area contributed by atoms with Crippen LogP contribution in [0, 0.1) is 0 Å². The summed E-state index contributed by atoms with van der Waals surface area (Å²) in [6.45, 7) is 1.59. The van der Waals surface area contributed by atoms with Crippen molar-refractivity contribution in [2.24, 2.45) is 5.73 Å². The molecule has 1 unspecified atom stereocenters. The summed E-state index contributed by atoms with van der Waals surface area (Å²) < 4.78 is 45.9. The zero-order valence-electron chi connectivity index (χ0n) is 6.63. The molecule has 0 aliphatic rings. The number of sulfonamides is 1. The number of alkyl halides is 2. The van der Waals surface area contributed by atoms with Crippen LogP contribution in [0.5, 0.6) is 0 Å². The van der Waals surface area contributed by atoms with Crippen LogP contribution in [-0.2, 0) is 10.0 Å². The molecular weight excluding hydrogens is 190 g/mol. The van der Waals surface area contributed by atoms with Crippen molar-refractivity contribution in [1.82, 2.24) is 4.72 Å². The van der Waals surface area contributed by atoms with E-state index in [9.17, 15) is 17.2 Å². The molecule has 0 spiro atoms. The van der Waals surface area contributed by atoms with E-state index < -0.39 is 21.8 Å². The maximum Gasteiger partial charge on any atom is 0.350 e. The summed E-state index contributed by atoms with van der Waals surface area (Å²) in [6.07, 6.45) is 0.533. The summed E-state index contributed by atoms with van der Waals surface area (Å²) in [7, 11) is -4.47. The fraction of sp³-hybridized carbons (Fsp3) is 1.00. The average molecular weight is 202 g/mol. The second kappa shape index (κ2) is 4.68. The molecule has 0 aromatic rings. The predicted octanol–water partition coefficient (Wildman–Crippen LogP) is -0.134. The second-order valence-corrected chi connectivity index (χ2v) is 4.06. The highest BCUT2D eigenvalue weighted by molar-refractivity contribution is 7.89. The Morgan fingerprint density at radius 3 is 2.33 bits per heavy atom. The average Bonchev–Trinajstić information content (AvgIpc) is 2.00. The van der Waals surface area contributed by atoms with Crippen LogP contribution in [0.15, 0.2) is 0 Å². The molecule has 0 aliphatic carbocycles. The van der Waals surface area contributed by atoms with Crippen molar-refractivity contribution in [2.45, 2.75) is 25.1 Å². The molecule has 0 aromatic carbocycles. The van der Waals surface area contributed by atoms with E-state index in [0.29, 0.717) is 6.42 Å². The molecule has 7 heteroatoms. The van der Waals surface area contributed by atoms with Crippen LogP contribution < -0.4 is 10.5 Å². The first-order valence-electron chi connectivity index (χ1n) is 3.42.